The average Bonchev–Trinajstić information content (AvgIpc) is 3.16. The molecular weight excluding hydrogens is 466 g/mol. The van der Waals surface area contributed by atoms with Crippen molar-refractivity contribution in [3.63, 3.8) is 0 Å². The number of hydrogen-bond acceptors (Lipinski definition) is 7. The second-order valence-corrected chi connectivity index (χ2v) is 8.48. The summed E-state index contributed by atoms with van der Waals surface area (Å²) in [5, 5.41) is 15.5. The van der Waals surface area contributed by atoms with Gasteiger partial charge in [-0.2, -0.15) is 0 Å². The highest BCUT2D eigenvalue weighted by atomic mass is 79.9. The molecule has 1 aromatic heterocycles. The Morgan fingerprint density at radius 2 is 2.07 bits per heavy atom. The van der Waals surface area contributed by atoms with Crippen molar-refractivity contribution in [2.45, 2.75) is 4.34 Å². The Labute approximate surface area is 177 Å². The number of carbonyl (C=O) groups excluding carboxylic acids is 1. The van der Waals surface area contributed by atoms with Crippen LogP contribution in [-0.2, 0) is 4.79 Å². The molecule has 0 bridgehead atoms. The molecule has 0 spiro atoms. The summed E-state index contributed by atoms with van der Waals surface area (Å²) in [6.07, 6.45) is 0. The minimum absolute atomic E-state index is 0.122. The second-order valence-electron chi connectivity index (χ2n) is 5.48. The van der Waals surface area contributed by atoms with Crippen molar-refractivity contribution in [3.8, 4) is 17.0 Å². The highest BCUT2D eigenvalue weighted by Crippen LogP contribution is 2.31. The van der Waals surface area contributed by atoms with Gasteiger partial charge in [-0.05, 0) is 18.2 Å². The van der Waals surface area contributed by atoms with Crippen molar-refractivity contribution in [2.75, 3.05) is 18.2 Å². The number of benzene rings is 2. The van der Waals surface area contributed by atoms with Gasteiger partial charge in [-0.1, -0.05) is 39.8 Å². The first-order valence-corrected chi connectivity index (χ1v) is 10.6. The number of anilines is 1. The first-order valence-electron chi connectivity index (χ1n) is 7.93. The van der Waals surface area contributed by atoms with E-state index in [4.69, 9.17) is 4.74 Å². The number of nitro groups is 1. The normalized spacial score (nSPS) is 10.5. The molecule has 1 amide bonds. The lowest BCUT2D eigenvalue weighted by molar-refractivity contribution is -0.384. The molecular formula is C18H14BrN3O4S2. The summed E-state index contributed by atoms with van der Waals surface area (Å²) in [6.45, 7) is 0. The zero-order valence-electron chi connectivity index (χ0n) is 14.5. The molecule has 7 nitrogen and oxygen atoms in total. The number of rotatable bonds is 7. The molecule has 10 heteroatoms. The number of nitro benzene ring substituents is 1. The molecule has 0 saturated carbocycles. The van der Waals surface area contributed by atoms with Crippen LogP contribution in [0.1, 0.15) is 0 Å². The van der Waals surface area contributed by atoms with Crippen molar-refractivity contribution in [1.82, 2.24) is 4.98 Å². The predicted molar refractivity (Wildman–Crippen MR) is 114 cm³/mol. The van der Waals surface area contributed by atoms with Gasteiger partial charge in [0.25, 0.3) is 5.69 Å². The Kier molecular flexibility index (Phi) is 6.65. The molecule has 0 saturated heterocycles. The van der Waals surface area contributed by atoms with Crippen LogP contribution >= 0.6 is 39.0 Å². The first kappa shape index (κ1) is 20.3. The van der Waals surface area contributed by atoms with Crippen LogP contribution in [0.15, 0.2) is 56.7 Å². The van der Waals surface area contributed by atoms with Crippen molar-refractivity contribution in [3.05, 3.63) is 62.4 Å². The van der Waals surface area contributed by atoms with Gasteiger partial charge in [0, 0.05) is 27.5 Å². The Bertz CT molecular complexity index is 1010. The van der Waals surface area contributed by atoms with Gasteiger partial charge in [0.05, 0.1) is 29.2 Å². The third-order valence-electron chi connectivity index (χ3n) is 3.62. The van der Waals surface area contributed by atoms with Crippen LogP contribution < -0.4 is 10.1 Å². The summed E-state index contributed by atoms with van der Waals surface area (Å²) >= 11 is 6.16. The summed E-state index contributed by atoms with van der Waals surface area (Å²) in [7, 11) is 1.44. The Hall–Kier alpha value is -2.43. The molecule has 0 unspecified atom stereocenters. The maximum absolute atomic E-state index is 12.3. The fourth-order valence-corrected chi connectivity index (χ4v) is 4.20. The van der Waals surface area contributed by atoms with Gasteiger partial charge in [-0.25, -0.2) is 4.98 Å². The lowest BCUT2D eigenvalue weighted by Crippen LogP contribution is -2.14. The first-order chi connectivity index (χ1) is 13.5. The molecule has 1 heterocycles. The van der Waals surface area contributed by atoms with Crippen LogP contribution in [0.5, 0.6) is 5.75 Å². The molecule has 0 radical (unpaired) electrons. The van der Waals surface area contributed by atoms with E-state index in [2.05, 4.69) is 26.2 Å². The Morgan fingerprint density at radius 3 is 2.75 bits per heavy atom. The van der Waals surface area contributed by atoms with E-state index in [0.717, 1.165) is 20.1 Å². The summed E-state index contributed by atoms with van der Waals surface area (Å²) in [4.78, 5) is 27.2. The van der Waals surface area contributed by atoms with Crippen LogP contribution in [0.25, 0.3) is 11.3 Å². The van der Waals surface area contributed by atoms with Crippen LogP contribution in [-0.4, -0.2) is 28.7 Å². The smallest absolute Gasteiger partial charge is 0.271 e. The van der Waals surface area contributed by atoms with Crippen molar-refractivity contribution in [1.29, 1.82) is 0 Å². The van der Waals surface area contributed by atoms with Crippen molar-refractivity contribution in [2.24, 2.45) is 0 Å². The maximum atomic E-state index is 12.3. The van der Waals surface area contributed by atoms with E-state index in [1.54, 1.807) is 0 Å². The topological polar surface area (TPSA) is 94.4 Å². The van der Waals surface area contributed by atoms with Gasteiger partial charge in [0.2, 0.25) is 5.91 Å². The van der Waals surface area contributed by atoms with E-state index in [1.807, 2.05) is 29.6 Å². The van der Waals surface area contributed by atoms with Crippen LogP contribution in [0.2, 0.25) is 0 Å². The third kappa shape index (κ3) is 5.09. The SMILES string of the molecule is COc1ccc([N+](=O)[O-])cc1NC(=O)CSc1nc(-c2ccc(Br)cc2)cs1. The molecule has 2 aromatic carbocycles. The van der Waals surface area contributed by atoms with E-state index < -0.39 is 4.92 Å². The van der Waals surface area contributed by atoms with Gasteiger partial charge >= 0.3 is 0 Å². The number of thiazole rings is 1. The summed E-state index contributed by atoms with van der Waals surface area (Å²) in [6, 6.07) is 11.9. The molecule has 0 fully saturated rings. The standard InChI is InChI=1S/C18H14BrN3O4S2/c1-26-16-7-6-13(22(24)25)8-14(16)20-17(23)10-28-18-21-15(9-27-18)11-2-4-12(19)5-3-11/h2-9H,10H2,1H3,(H,20,23). The molecule has 144 valence electrons. The number of thioether (sulfide) groups is 1. The number of carbonyl (C=O) groups is 1. The second kappa shape index (κ2) is 9.18. The number of nitrogens with zero attached hydrogens (tertiary/aromatic N) is 2. The zero-order valence-corrected chi connectivity index (χ0v) is 17.8. The molecule has 0 aliphatic heterocycles. The Balaban J connectivity index is 1.63. The van der Waals surface area contributed by atoms with E-state index in [9.17, 15) is 14.9 Å². The molecule has 0 atom stereocenters. The molecule has 3 aromatic rings. The molecule has 0 aliphatic carbocycles. The van der Waals surface area contributed by atoms with Gasteiger partial charge < -0.3 is 10.1 Å². The summed E-state index contributed by atoms with van der Waals surface area (Å²) in [5.74, 6) is 0.180. The zero-order chi connectivity index (χ0) is 20.1. The number of non-ortho nitro benzene ring substituents is 1. The largest absolute Gasteiger partial charge is 0.495 e. The molecule has 0 aliphatic rings. The number of halogens is 1. The highest BCUT2D eigenvalue weighted by Gasteiger charge is 2.14. The van der Waals surface area contributed by atoms with Gasteiger partial charge in [-0.3, -0.25) is 14.9 Å². The minimum Gasteiger partial charge on any atom is -0.495 e. The lowest BCUT2D eigenvalue weighted by Gasteiger charge is -2.09. The number of ether oxygens (including phenoxy) is 1. The number of methoxy groups -OCH3 is 1. The maximum Gasteiger partial charge on any atom is 0.271 e. The van der Waals surface area contributed by atoms with E-state index in [1.165, 1.54) is 48.4 Å². The third-order valence-corrected chi connectivity index (χ3v) is 6.17. The summed E-state index contributed by atoms with van der Waals surface area (Å²) in [5.41, 5.74) is 1.98. The van der Waals surface area contributed by atoms with E-state index in [0.29, 0.717) is 5.75 Å². The highest BCUT2D eigenvalue weighted by molar-refractivity contribution is 9.10. The summed E-state index contributed by atoms with van der Waals surface area (Å²) < 4.78 is 6.90. The van der Waals surface area contributed by atoms with E-state index >= 15 is 0 Å². The molecule has 1 N–H and O–H groups in total. The van der Waals surface area contributed by atoms with Crippen LogP contribution in [0.4, 0.5) is 11.4 Å². The van der Waals surface area contributed by atoms with E-state index in [-0.39, 0.29) is 23.0 Å². The van der Waals surface area contributed by atoms with Crippen LogP contribution in [0.3, 0.4) is 0 Å². The lowest BCUT2D eigenvalue weighted by atomic mass is 10.2. The van der Waals surface area contributed by atoms with Gasteiger partial charge in [-0.15, -0.1) is 11.3 Å². The Morgan fingerprint density at radius 1 is 1.32 bits per heavy atom. The fourth-order valence-electron chi connectivity index (χ4n) is 2.30. The monoisotopic (exact) mass is 479 g/mol. The quantitative estimate of drug-likeness (QED) is 0.283. The predicted octanol–water partition coefficient (Wildman–Crippen LogP) is 5.22. The van der Waals surface area contributed by atoms with Crippen molar-refractivity contribution < 1.29 is 14.5 Å². The number of amides is 1. The molecule has 3 rings (SSSR count). The number of hydrogen-bond donors (Lipinski definition) is 1. The number of aromatic nitrogens is 1. The van der Waals surface area contributed by atoms with Gasteiger partial charge in [0.1, 0.15) is 5.75 Å². The van der Waals surface area contributed by atoms with Crippen molar-refractivity contribution >= 4 is 56.3 Å². The number of nitrogens with one attached hydrogen (secondary N) is 1. The molecule has 28 heavy (non-hydrogen) atoms. The van der Waals surface area contributed by atoms with Gasteiger partial charge in [0.15, 0.2) is 4.34 Å². The fraction of sp³-hybridized carbons (Fsp3) is 0.111. The minimum atomic E-state index is -0.525. The van der Waals surface area contributed by atoms with Crippen LogP contribution in [0, 0.1) is 10.1 Å². The average molecular weight is 480 g/mol.